The van der Waals surface area contributed by atoms with Crippen LogP contribution in [0.5, 0.6) is 11.5 Å². The minimum atomic E-state index is -0.611. The second-order valence-corrected chi connectivity index (χ2v) is 4.37. The molecule has 0 spiro atoms. The van der Waals surface area contributed by atoms with Gasteiger partial charge in [-0.1, -0.05) is 17.7 Å². The summed E-state index contributed by atoms with van der Waals surface area (Å²) in [5.41, 5.74) is 0.0432. The summed E-state index contributed by atoms with van der Waals surface area (Å²) in [7, 11) is 1.28. The smallest absolute Gasteiger partial charge is 0.337 e. The van der Waals surface area contributed by atoms with Gasteiger partial charge < -0.3 is 9.47 Å². The highest BCUT2D eigenvalue weighted by Gasteiger charge is 2.20. The lowest BCUT2D eigenvalue weighted by Crippen LogP contribution is -2.00. The summed E-state index contributed by atoms with van der Waals surface area (Å²) in [5, 5.41) is 11.0. The fourth-order valence-corrected chi connectivity index (χ4v) is 1.89. The Kier molecular flexibility index (Phi) is 4.39. The second kappa shape index (κ2) is 6.23. The number of rotatable bonds is 4. The normalized spacial score (nSPS) is 10.0. The molecule has 0 unspecified atom stereocenters. The molecule has 0 amide bonds. The molecule has 0 N–H and O–H groups in total. The van der Waals surface area contributed by atoms with E-state index >= 15 is 0 Å². The monoisotopic (exact) mass is 307 g/mol. The van der Waals surface area contributed by atoms with Crippen molar-refractivity contribution in [3.05, 3.63) is 63.2 Å². The number of carbonyl (C=O) groups excluding carboxylic acids is 1. The Morgan fingerprint density at radius 2 is 1.86 bits per heavy atom. The average Bonchev–Trinajstić information content (AvgIpc) is 2.47. The molecule has 2 aromatic carbocycles. The summed E-state index contributed by atoms with van der Waals surface area (Å²) in [4.78, 5) is 21.7. The van der Waals surface area contributed by atoms with Gasteiger partial charge in [0.1, 0.15) is 10.8 Å². The van der Waals surface area contributed by atoms with Gasteiger partial charge in [0.2, 0.25) is 5.75 Å². The Balaban J connectivity index is 2.29. The van der Waals surface area contributed by atoms with E-state index in [0.717, 1.165) is 0 Å². The SMILES string of the molecule is COC(=O)c1ccc(Oc2cccc(Cl)c2[N+](=O)[O-])cc1. The van der Waals surface area contributed by atoms with E-state index in [1.165, 1.54) is 43.5 Å². The number of carbonyl (C=O) groups is 1. The van der Waals surface area contributed by atoms with Crippen molar-refractivity contribution in [2.45, 2.75) is 0 Å². The van der Waals surface area contributed by atoms with Crippen molar-refractivity contribution in [2.75, 3.05) is 7.11 Å². The molecule has 2 aromatic rings. The van der Waals surface area contributed by atoms with E-state index in [1.807, 2.05) is 0 Å². The zero-order chi connectivity index (χ0) is 15.4. The lowest BCUT2D eigenvalue weighted by Gasteiger charge is -2.07. The molecule has 21 heavy (non-hydrogen) atoms. The maximum absolute atomic E-state index is 11.3. The number of esters is 1. The summed E-state index contributed by atoms with van der Waals surface area (Å²) in [6.07, 6.45) is 0. The summed E-state index contributed by atoms with van der Waals surface area (Å²) in [5.74, 6) is -0.110. The second-order valence-electron chi connectivity index (χ2n) is 3.96. The maximum atomic E-state index is 11.3. The molecule has 0 fully saturated rings. The molecule has 0 aliphatic carbocycles. The van der Waals surface area contributed by atoms with Crippen LogP contribution < -0.4 is 4.74 Å². The van der Waals surface area contributed by atoms with Gasteiger partial charge in [0, 0.05) is 0 Å². The van der Waals surface area contributed by atoms with Gasteiger partial charge in [0.15, 0.2) is 0 Å². The molecule has 0 heterocycles. The van der Waals surface area contributed by atoms with Crippen LogP contribution in [0.1, 0.15) is 10.4 Å². The topological polar surface area (TPSA) is 78.7 Å². The lowest BCUT2D eigenvalue weighted by atomic mass is 10.2. The van der Waals surface area contributed by atoms with Crippen LogP contribution in [0, 0.1) is 10.1 Å². The Morgan fingerprint density at radius 3 is 2.43 bits per heavy atom. The molecular weight excluding hydrogens is 298 g/mol. The van der Waals surface area contributed by atoms with E-state index in [2.05, 4.69) is 4.74 Å². The van der Waals surface area contributed by atoms with Crippen LogP contribution in [0.2, 0.25) is 5.02 Å². The molecule has 7 heteroatoms. The van der Waals surface area contributed by atoms with Gasteiger partial charge in [-0.05, 0) is 36.4 Å². The minimum absolute atomic E-state index is 0.0105. The first-order chi connectivity index (χ1) is 10.0. The predicted molar refractivity (Wildman–Crippen MR) is 76.0 cm³/mol. The number of benzene rings is 2. The first-order valence-electron chi connectivity index (χ1n) is 5.82. The standard InChI is InChI=1S/C14H10ClNO5/c1-20-14(17)9-5-7-10(8-6-9)21-12-4-2-3-11(15)13(12)16(18)19/h2-8H,1H3. The third kappa shape index (κ3) is 3.29. The molecule has 0 aliphatic heterocycles. The summed E-state index contributed by atoms with van der Waals surface area (Å²) < 4.78 is 10.0. The molecule has 0 bridgehead atoms. The van der Waals surface area contributed by atoms with Crippen LogP contribution in [0.25, 0.3) is 0 Å². The van der Waals surface area contributed by atoms with Gasteiger partial charge in [-0.15, -0.1) is 0 Å². The van der Waals surface area contributed by atoms with Gasteiger partial charge in [-0.25, -0.2) is 4.79 Å². The summed E-state index contributed by atoms with van der Waals surface area (Å²) in [6, 6.07) is 10.4. The number of nitrogens with zero attached hydrogens (tertiary/aromatic N) is 1. The zero-order valence-electron chi connectivity index (χ0n) is 10.9. The van der Waals surface area contributed by atoms with Crippen LogP contribution in [0.3, 0.4) is 0 Å². The number of nitro benzene ring substituents is 1. The zero-order valence-corrected chi connectivity index (χ0v) is 11.7. The van der Waals surface area contributed by atoms with Gasteiger partial charge in [0.25, 0.3) is 0 Å². The summed E-state index contributed by atoms with van der Waals surface area (Å²) in [6.45, 7) is 0. The lowest BCUT2D eigenvalue weighted by molar-refractivity contribution is -0.385. The Morgan fingerprint density at radius 1 is 1.19 bits per heavy atom. The molecule has 0 aliphatic rings. The minimum Gasteiger partial charge on any atom is -0.465 e. The van der Waals surface area contributed by atoms with Crippen LogP contribution >= 0.6 is 11.6 Å². The first-order valence-corrected chi connectivity index (χ1v) is 6.20. The molecule has 0 atom stereocenters. The molecule has 108 valence electrons. The van der Waals surface area contributed by atoms with Gasteiger partial charge in [-0.2, -0.15) is 0 Å². The first kappa shape index (κ1) is 14.8. The number of nitro groups is 1. The van der Waals surface area contributed by atoms with E-state index < -0.39 is 10.9 Å². The summed E-state index contributed by atoms with van der Waals surface area (Å²) >= 11 is 5.79. The van der Waals surface area contributed by atoms with Crippen LogP contribution in [-0.4, -0.2) is 18.0 Å². The van der Waals surface area contributed by atoms with E-state index in [1.54, 1.807) is 6.07 Å². The van der Waals surface area contributed by atoms with Gasteiger partial charge in [-0.3, -0.25) is 10.1 Å². The molecular formula is C14H10ClNO5. The fraction of sp³-hybridized carbons (Fsp3) is 0.0714. The van der Waals surface area contributed by atoms with E-state index in [-0.39, 0.29) is 16.5 Å². The average molecular weight is 308 g/mol. The molecule has 6 nitrogen and oxygen atoms in total. The van der Waals surface area contributed by atoms with Crippen molar-refractivity contribution in [2.24, 2.45) is 0 Å². The highest BCUT2D eigenvalue weighted by atomic mass is 35.5. The van der Waals surface area contributed by atoms with Crippen molar-refractivity contribution in [3.63, 3.8) is 0 Å². The molecule has 0 aromatic heterocycles. The molecule has 0 radical (unpaired) electrons. The number of hydrogen-bond acceptors (Lipinski definition) is 5. The quantitative estimate of drug-likeness (QED) is 0.487. The highest BCUT2D eigenvalue weighted by molar-refractivity contribution is 6.32. The molecule has 2 rings (SSSR count). The van der Waals surface area contributed by atoms with Crippen molar-refractivity contribution in [1.29, 1.82) is 0 Å². The van der Waals surface area contributed by atoms with Crippen molar-refractivity contribution in [1.82, 2.24) is 0 Å². The van der Waals surface area contributed by atoms with Gasteiger partial charge >= 0.3 is 11.7 Å². The van der Waals surface area contributed by atoms with Crippen LogP contribution in [0.15, 0.2) is 42.5 Å². The van der Waals surface area contributed by atoms with Crippen molar-refractivity contribution in [3.8, 4) is 11.5 Å². The largest absolute Gasteiger partial charge is 0.465 e. The van der Waals surface area contributed by atoms with Crippen LogP contribution in [0.4, 0.5) is 5.69 Å². The third-order valence-electron chi connectivity index (χ3n) is 2.64. The highest BCUT2D eigenvalue weighted by Crippen LogP contribution is 2.36. The number of ether oxygens (including phenoxy) is 2. The van der Waals surface area contributed by atoms with Crippen molar-refractivity contribution >= 4 is 23.3 Å². The number of para-hydroxylation sites is 1. The van der Waals surface area contributed by atoms with Crippen molar-refractivity contribution < 1.29 is 19.2 Å². The van der Waals surface area contributed by atoms with E-state index in [0.29, 0.717) is 11.3 Å². The third-order valence-corrected chi connectivity index (χ3v) is 2.94. The Labute approximate surface area is 125 Å². The molecule has 0 saturated carbocycles. The van der Waals surface area contributed by atoms with E-state index in [4.69, 9.17) is 16.3 Å². The van der Waals surface area contributed by atoms with Gasteiger partial charge in [0.05, 0.1) is 17.6 Å². The number of methoxy groups -OCH3 is 1. The number of hydrogen-bond donors (Lipinski definition) is 0. The fourth-order valence-electron chi connectivity index (χ4n) is 1.66. The Bertz CT molecular complexity index is 684. The predicted octanol–water partition coefficient (Wildman–Crippen LogP) is 3.83. The number of halogens is 1. The maximum Gasteiger partial charge on any atom is 0.337 e. The molecule has 0 saturated heterocycles. The Hall–Kier alpha value is -2.60. The van der Waals surface area contributed by atoms with E-state index in [9.17, 15) is 14.9 Å². The van der Waals surface area contributed by atoms with Crippen LogP contribution in [-0.2, 0) is 4.74 Å².